The first-order valence-corrected chi connectivity index (χ1v) is 8.60. The normalized spacial score (nSPS) is 10.1. The van der Waals surface area contributed by atoms with Gasteiger partial charge in [0.05, 0.1) is 0 Å². The first-order valence-electron chi connectivity index (χ1n) is 8.60. The number of carbonyl (C=O) groups is 2. The zero-order valence-electron chi connectivity index (χ0n) is 15.5. The van der Waals surface area contributed by atoms with Crippen molar-refractivity contribution >= 4 is 23.3 Å². The number of rotatable bonds is 7. The summed E-state index contributed by atoms with van der Waals surface area (Å²) in [6, 6.07) is 16.8. The molecule has 138 valence electrons. The van der Waals surface area contributed by atoms with E-state index in [1.807, 2.05) is 25.2 Å². The molecule has 0 spiro atoms. The van der Waals surface area contributed by atoms with Gasteiger partial charge in [-0.3, -0.25) is 4.79 Å². The summed E-state index contributed by atoms with van der Waals surface area (Å²) in [4.78, 5) is 27.6. The van der Waals surface area contributed by atoms with E-state index >= 15 is 0 Å². The molecule has 3 amide bonds. The van der Waals surface area contributed by atoms with Crippen molar-refractivity contribution in [3.05, 3.63) is 60.2 Å². The molecule has 2 aromatic rings. The molecule has 0 aliphatic heterocycles. The smallest absolute Gasteiger partial charge is 0.319 e. The van der Waals surface area contributed by atoms with E-state index in [0.29, 0.717) is 17.8 Å². The molecule has 0 fully saturated rings. The van der Waals surface area contributed by atoms with Crippen molar-refractivity contribution in [1.82, 2.24) is 10.2 Å². The van der Waals surface area contributed by atoms with E-state index in [2.05, 4.69) is 27.7 Å². The number of para-hydroxylation sites is 1. The minimum absolute atomic E-state index is 0.0991. The van der Waals surface area contributed by atoms with E-state index in [9.17, 15) is 9.59 Å². The third kappa shape index (κ3) is 5.81. The SMILES string of the molecule is CN(C)C(=O)c1cccc(NC(=O)NCCCN(C)c2ccccc2)c1. The zero-order chi connectivity index (χ0) is 18.9. The molecule has 0 unspecified atom stereocenters. The summed E-state index contributed by atoms with van der Waals surface area (Å²) < 4.78 is 0. The molecule has 2 rings (SSSR count). The molecule has 0 aliphatic rings. The second-order valence-electron chi connectivity index (χ2n) is 6.27. The highest BCUT2D eigenvalue weighted by atomic mass is 16.2. The van der Waals surface area contributed by atoms with Gasteiger partial charge in [0.1, 0.15) is 0 Å². The van der Waals surface area contributed by atoms with Crippen molar-refractivity contribution in [3.8, 4) is 0 Å². The predicted octanol–water partition coefficient (Wildman–Crippen LogP) is 3.04. The fraction of sp³-hybridized carbons (Fsp3) is 0.300. The van der Waals surface area contributed by atoms with Crippen LogP contribution in [0.15, 0.2) is 54.6 Å². The molecule has 6 nitrogen and oxygen atoms in total. The Balaban J connectivity index is 1.75. The number of nitrogens with one attached hydrogen (secondary N) is 2. The summed E-state index contributed by atoms with van der Waals surface area (Å²) >= 11 is 0. The van der Waals surface area contributed by atoms with Crippen molar-refractivity contribution in [2.24, 2.45) is 0 Å². The largest absolute Gasteiger partial charge is 0.375 e. The highest BCUT2D eigenvalue weighted by Crippen LogP contribution is 2.12. The molecular formula is C20H26N4O2. The van der Waals surface area contributed by atoms with E-state index in [1.54, 1.807) is 38.4 Å². The lowest BCUT2D eigenvalue weighted by Crippen LogP contribution is -2.31. The Kier molecular flexibility index (Phi) is 7.02. The Morgan fingerprint density at radius 1 is 0.962 bits per heavy atom. The third-order valence-electron chi connectivity index (χ3n) is 3.93. The molecule has 0 atom stereocenters. The molecule has 6 heteroatoms. The van der Waals surface area contributed by atoms with E-state index < -0.39 is 0 Å². The van der Waals surface area contributed by atoms with Crippen LogP contribution in [0.5, 0.6) is 0 Å². The van der Waals surface area contributed by atoms with Crippen LogP contribution in [0.1, 0.15) is 16.8 Å². The van der Waals surface area contributed by atoms with Crippen LogP contribution in [0.3, 0.4) is 0 Å². The minimum Gasteiger partial charge on any atom is -0.375 e. The maximum Gasteiger partial charge on any atom is 0.319 e. The Labute approximate surface area is 154 Å². The maximum absolute atomic E-state index is 12.0. The topological polar surface area (TPSA) is 64.7 Å². The van der Waals surface area contributed by atoms with E-state index in [-0.39, 0.29) is 11.9 Å². The van der Waals surface area contributed by atoms with Gasteiger partial charge in [0.2, 0.25) is 0 Å². The summed E-state index contributed by atoms with van der Waals surface area (Å²) in [6.45, 7) is 1.41. The van der Waals surface area contributed by atoms with Crippen LogP contribution < -0.4 is 15.5 Å². The lowest BCUT2D eigenvalue weighted by molar-refractivity contribution is 0.0827. The van der Waals surface area contributed by atoms with Gasteiger partial charge < -0.3 is 20.4 Å². The van der Waals surface area contributed by atoms with Crippen molar-refractivity contribution in [3.63, 3.8) is 0 Å². The molecule has 2 aromatic carbocycles. The van der Waals surface area contributed by atoms with Gasteiger partial charge in [0, 0.05) is 51.2 Å². The van der Waals surface area contributed by atoms with Gasteiger partial charge in [-0.15, -0.1) is 0 Å². The first-order chi connectivity index (χ1) is 12.5. The van der Waals surface area contributed by atoms with Gasteiger partial charge >= 0.3 is 6.03 Å². The Hall–Kier alpha value is -3.02. The summed E-state index contributed by atoms with van der Waals surface area (Å²) in [5.41, 5.74) is 2.29. The molecule has 0 aliphatic carbocycles. The Morgan fingerprint density at radius 3 is 2.38 bits per heavy atom. The molecule has 2 N–H and O–H groups in total. The molecule has 26 heavy (non-hydrogen) atoms. The van der Waals surface area contributed by atoms with Crippen LogP contribution in [0, 0.1) is 0 Å². The number of hydrogen-bond acceptors (Lipinski definition) is 3. The van der Waals surface area contributed by atoms with Crippen molar-refractivity contribution in [2.75, 3.05) is 44.4 Å². The molecule has 0 aromatic heterocycles. The number of urea groups is 1. The lowest BCUT2D eigenvalue weighted by atomic mass is 10.2. The maximum atomic E-state index is 12.0. The molecule has 0 bridgehead atoms. The van der Waals surface area contributed by atoms with Gasteiger partial charge in [-0.25, -0.2) is 4.79 Å². The first kappa shape index (κ1) is 19.3. The number of carbonyl (C=O) groups excluding carboxylic acids is 2. The number of nitrogens with zero attached hydrogens (tertiary/aromatic N) is 2. The predicted molar refractivity (Wildman–Crippen MR) is 106 cm³/mol. The monoisotopic (exact) mass is 354 g/mol. The molecular weight excluding hydrogens is 328 g/mol. The number of anilines is 2. The van der Waals surface area contributed by atoms with Crippen LogP contribution >= 0.6 is 0 Å². The Bertz CT molecular complexity index is 732. The van der Waals surface area contributed by atoms with Crippen LogP contribution in [0.25, 0.3) is 0 Å². The third-order valence-corrected chi connectivity index (χ3v) is 3.93. The molecule has 0 heterocycles. The summed E-state index contributed by atoms with van der Waals surface area (Å²) in [5, 5.41) is 5.60. The second kappa shape index (κ2) is 9.46. The fourth-order valence-corrected chi connectivity index (χ4v) is 2.49. The highest BCUT2D eigenvalue weighted by molar-refractivity contribution is 5.96. The van der Waals surface area contributed by atoms with Crippen LogP contribution in [-0.4, -0.2) is 51.1 Å². The minimum atomic E-state index is -0.276. The van der Waals surface area contributed by atoms with Crippen molar-refractivity contribution in [2.45, 2.75) is 6.42 Å². The standard InChI is InChI=1S/C20H26N4O2/c1-23(2)19(25)16-9-7-10-17(15-16)22-20(26)21-13-8-14-24(3)18-11-5-4-6-12-18/h4-7,9-12,15H,8,13-14H2,1-3H3,(H2,21,22,26). The number of amides is 3. The van der Waals surface area contributed by atoms with Crippen LogP contribution in [-0.2, 0) is 0 Å². The van der Waals surface area contributed by atoms with Crippen molar-refractivity contribution < 1.29 is 9.59 Å². The average molecular weight is 354 g/mol. The van der Waals surface area contributed by atoms with E-state index in [0.717, 1.165) is 18.7 Å². The quantitative estimate of drug-likeness (QED) is 0.751. The fourth-order valence-electron chi connectivity index (χ4n) is 2.49. The summed E-state index contributed by atoms with van der Waals surface area (Å²) in [5.74, 6) is -0.0991. The molecule has 0 saturated heterocycles. The highest BCUT2D eigenvalue weighted by Gasteiger charge is 2.09. The van der Waals surface area contributed by atoms with Gasteiger partial charge in [0.15, 0.2) is 0 Å². The van der Waals surface area contributed by atoms with Crippen molar-refractivity contribution in [1.29, 1.82) is 0 Å². The van der Waals surface area contributed by atoms with E-state index in [4.69, 9.17) is 0 Å². The van der Waals surface area contributed by atoms with E-state index in [1.165, 1.54) is 4.90 Å². The molecule has 0 saturated carbocycles. The van der Waals surface area contributed by atoms with Crippen LogP contribution in [0.4, 0.5) is 16.2 Å². The lowest BCUT2D eigenvalue weighted by Gasteiger charge is -2.19. The number of hydrogen-bond donors (Lipinski definition) is 2. The zero-order valence-corrected chi connectivity index (χ0v) is 15.5. The van der Waals surface area contributed by atoms with Gasteiger partial charge in [0.25, 0.3) is 5.91 Å². The van der Waals surface area contributed by atoms with Gasteiger partial charge in [-0.1, -0.05) is 24.3 Å². The van der Waals surface area contributed by atoms with Gasteiger partial charge in [-0.2, -0.15) is 0 Å². The van der Waals surface area contributed by atoms with Crippen LogP contribution in [0.2, 0.25) is 0 Å². The average Bonchev–Trinajstić information content (AvgIpc) is 2.65. The number of benzene rings is 2. The molecule has 0 radical (unpaired) electrons. The second-order valence-corrected chi connectivity index (χ2v) is 6.27. The summed E-state index contributed by atoms with van der Waals surface area (Å²) in [6.07, 6.45) is 0.831. The summed E-state index contributed by atoms with van der Waals surface area (Å²) in [7, 11) is 5.42. The Morgan fingerprint density at radius 2 is 1.69 bits per heavy atom. The van der Waals surface area contributed by atoms with Gasteiger partial charge in [-0.05, 0) is 36.8 Å².